The molecule has 1 N–H and O–H groups in total. The molecule has 30 heavy (non-hydrogen) atoms. The average Bonchev–Trinajstić information content (AvgIpc) is 2.64. The summed E-state index contributed by atoms with van der Waals surface area (Å²) in [6, 6.07) is 11.5. The average molecular weight is 471 g/mol. The summed E-state index contributed by atoms with van der Waals surface area (Å²) >= 11 is 12.4. The largest absolute Gasteiger partial charge is 0.349 e. The third-order valence-corrected chi connectivity index (χ3v) is 6.76. The summed E-state index contributed by atoms with van der Waals surface area (Å²) in [6.07, 6.45) is 1.12. The molecule has 0 saturated carbocycles. The summed E-state index contributed by atoms with van der Waals surface area (Å²) in [5.74, 6) is 0.414. The maximum Gasteiger partial charge on any atom is 0.251 e. The Balaban J connectivity index is 2.29. The van der Waals surface area contributed by atoms with Crippen molar-refractivity contribution in [3.8, 4) is 0 Å². The molecule has 164 valence electrons. The highest BCUT2D eigenvalue weighted by molar-refractivity contribution is 7.92. The van der Waals surface area contributed by atoms with E-state index in [9.17, 15) is 13.2 Å². The molecule has 0 aliphatic rings. The van der Waals surface area contributed by atoms with Crippen LogP contribution in [0.4, 0.5) is 5.69 Å². The zero-order chi connectivity index (χ0) is 22.6. The van der Waals surface area contributed by atoms with Crippen molar-refractivity contribution in [2.45, 2.75) is 40.3 Å². The van der Waals surface area contributed by atoms with Crippen LogP contribution in [0, 0.1) is 11.8 Å². The predicted octanol–water partition coefficient (Wildman–Crippen LogP) is 5.37. The van der Waals surface area contributed by atoms with Crippen LogP contribution in [0.2, 0.25) is 10.0 Å². The van der Waals surface area contributed by atoms with E-state index >= 15 is 0 Å². The molecule has 0 fully saturated rings. The molecular weight excluding hydrogens is 443 g/mol. The minimum atomic E-state index is -3.61. The fourth-order valence-corrected chi connectivity index (χ4v) is 4.73. The van der Waals surface area contributed by atoms with E-state index in [1.54, 1.807) is 42.5 Å². The molecule has 1 amide bonds. The molecule has 5 nitrogen and oxygen atoms in total. The number of anilines is 1. The second kappa shape index (κ2) is 10.0. The van der Waals surface area contributed by atoms with Crippen LogP contribution in [0.3, 0.4) is 0 Å². The number of sulfonamides is 1. The predicted molar refractivity (Wildman–Crippen MR) is 125 cm³/mol. The highest BCUT2D eigenvalue weighted by atomic mass is 35.5. The van der Waals surface area contributed by atoms with Crippen LogP contribution in [0.15, 0.2) is 42.5 Å². The lowest BCUT2D eigenvalue weighted by atomic mass is 9.93. The van der Waals surface area contributed by atoms with Gasteiger partial charge in [-0.05, 0) is 48.2 Å². The molecule has 0 radical (unpaired) electrons. The normalized spacial score (nSPS) is 11.9. The molecule has 0 atom stereocenters. The molecular formula is C22H28Cl2N2O3S. The molecule has 0 heterocycles. The van der Waals surface area contributed by atoms with Crippen molar-refractivity contribution in [3.63, 3.8) is 0 Å². The molecule has 2 aromatic carbocycles. The zero-order valence-electron chi connectivity index (χ0n) is 17.8. The molecule has 8 heteroatoms. The van der Waals surface area contributed by atoms with Crippen molar-refractivity contribution in [3.05, 3.63) is 63.6 Å². The molecule has 0 aliphatic carbocycles. The summed E-state index contributed by atoms with van der Waals surface area (Å²) in [6.45, 7) is 8.26. The van der Waals surface area contributed by atoms with E-state index in [0.717, 1.165) is 6.26 Å². The van der Waals surface area contributed by atoms with E-state index in [1.165, 1.54) is 4.31 Å². The molecule has 0 spiro atoms. The Morgan fingerprint density at radius 3 is 1.90 bits per heavy atom. The number of hydrogen-bond acceptors (Lipinski definition) is 3. The Morgan fingerprint density at radius 2 is 1.47 bits per heavy atom. The summed E-state index contributed by atoms with van der Waals surface area (Å²) in [4.78, 5) is 12.6. The molecule has 2 aromatic rings. The van der Waals surface area contributed by atoms with Gasteiger partial charge in [0.1, 0.15) is 0 Å². The van der Waals surface area contributed by atoms with E-state index < -0.39 is 10.0 Å². The first-order valence-corrected chi connectivity index (χ1v) is 12.3. The van der Waals surface area contributed by atoms with E-state index in [4.69, 9.17) is 23.2 Å². The van der Waals surface area contributed by atoms with Crippen LogP contribution in [-0.4, -0.2) is 26.6 Å². The molecule has 0 aliphatic heterocycles. The Bertz CT molecular complexity index is 962. The van der Waals surface area contributed by atoms with Crippen LogP contribution in [0.25, 0.3) is 0 Å². The first-order valence-electron chi connectivity index (χ1n) is 9.73. The van der Waals surface area contributed by atoms with Crippen molar-refractivity contribution < 1.29 is 13.2 Å². The number of carbonyl (C=O) groups is 1. The molecule has 0 bridgehead atoms. The zero-order valence-corrected chi connectivity index (χ0v) is 20.1. The molecule has 0 saturated heterocycles. The van der Waals surface area contributed by atoms with Gasteiger partial charge in [0.25, 0.3) is 5.91 Å². The van der Waals surface area contributed by atoms with Crippen LogP contribution < -0.4 is 9.62 Å². The molecule has 2 rings (SSSR count). The Kier molecular flexibility index (Phi) is 8.20. The highest BCUT2D eigenvalue weighted by Gasteiger charge is 2.23. The number of carbonyl (C=O) groups excluding carboxylic acids is 1. The first-order chi connectivity index (χ1) is 13.9. The summed E-state index contributed by atoms with van der Waals surface area (Å²) < 4.78 is 26.1. The maximum absolute atomic E-state index is 12.6. The lowest BCUT2D eigenvalue weighted by Crippen LogP contribution is -2.42. The third kappa shape index (κ3) is 6.13. The van der Waals surface area contributed by atoms with E-state index in [1.807, 2.05) is 0 Å². The van der Waals surface area contributed by atoms with Crippen molar-refractivity contribution in [2.75, 3.05) is 10.6 Å². The van der Waals surface area contributed by atoms with Gasteiger partial charge in [-0.2, -0.15) is 0 Å². The van der Waals surface area contributed by atoms with E-state index in [0.29, 0.717) is 38.7 Å². The van der Waals surface area contributed by atoms with Gasteiger partial charge in [-0.1, -0.05) is 57.0 Å². The van der Waals surface area contributed by atoms with Crippen LogP contribution >= 0.6 is 23.2 Å². The lowest BCUT2D eigenvalue weighted by molar-refractivity contribution is 0.0910. The second-order valence-electron chi connectivity index (χ2n) is 8.00. The van der Waals surface area contributed by atoms with Gasteiger partial charge < -0.3 is 5.32 Å². The van der Waals surface area contributed by atoms with Crippen LogP contribution in [0.5, 0.6) is 0 Å². The van der Waals surface area contributed by atoms with Gasteiger partial charge in [0.2, 0.25) is 10.0 Å². The number of nitrogens with zero attached hydrogens (tertiary/aromatic N) is 1. The number of halogens is 2. The second-order valence-corrected chi connectivity index (χ2v) is 10.7. The number of hydrogen-bond donors (Lipinski definition) is 1. The van der Waals surface area contributed by atoms with Gasteiger partial charge in [-0.15, -0.1) is 0 Å². The third-order valence-electron chi connectivity index (χ3n) is 4.92. The Morgan fingerprint density at radius 1 is 0.967 bits per heavy atom. The smallest absolute Gasteiger partial charge is 0.251 e. The fraction of sp³-hybridized carbons (Fsp3) is 0.409. The van der Waals surface area contributed by atoms with Gasteiger partial charge in [0, 0.05) is 27.2 Å². The van der Waals surface area contributed by atoms with Crippen molar-refractivity contribution in [1.82, 2.24) is 5.32 Å². The van der Waals surface area contributed by atoms with Gasteiger partial charge in [0.05, 0.1) is 18.5 Å². The number of rotatable bonds is 8. The number of amides is 1. The monoisotopic (exact) mass is 470 g/mol. The summed E-state index contributed by atoms with van der Waals surface area (Å²) in [5.41, 5.74) is 1.41. The SMILES string of the molecule is CC(C)C(NC(=O)c1ccc(N(Cc2c(Cl)cccc2Cl)S(C)(=O)=O)cc1)C(C)C. The summed E-state index contributed by atoms with van der Waals surface area (Å²) in [5, 5.41) is 3.84. The Labute approximate surface area is 189 Å². The van der Waals surface area contributed by atoms with Crippen molar-refractivity contribution in [2.24, 2.45) is 11.8 Å². The van der Waals surface area contributed by atoms with E-state index in [-0.39, 0.29) is 18.5 Å². The van der Waals surface area contributed by atoms with Gasteiger partial charge in [0.15, 0.2) is 0 Å². The van der Waals surface area contributed by atoms with Crippen LogP contribution in [0.1, 0.15) is 43.6 Å². The highest BCUT2D eigenvalue weighted by Crippen LogP contribution is 2.29. The first kappa shape index (κ1) is 24.5. The summed E-state index contributed by atoms with van der Waals surface area (Å²) in [7, 11) is -3.61. The molecule has 0 aromatic heterocycles. The van der Waals surface area contributed by atoms with Crippen molar-refractivity contribution >= 4 is 44.8 Å². The quantitative estimate of drug-likeness (QED) is 0.563. The minimum absolute atomic E-state index is 0.00828. The van der Waals surface area contributed by atoms with Gasteiger partial charge >= 0.3 is 0 Å². The standard InChI is InChI=1S/C22H28Cl2N2O3S/c1-14(2)21(15(3)4)25-22(27)16-9-11-17(12-10-16)26(30(5,28)29)13-18-19(23)7-6-8-20(18)24/h6-12,14-15,21H,13H2,1-5H3,(H,25,27). The van der Waals surface area contributed by atoms with Crippen LogP contribution in [-0.2, 0) is 16.6 Å². The van der Waals surface area contributed by atoms with Crippen molar-refractivity contribution in [1.29, 1.82) is 0 Å². The minimum Gasteiger partial charge on any atom is -0.349 e. The fourth-order valence-electron chi connectivity index (χ4n) is 3.34. The lowest BCUT2D eigenvalue weighted by Gasteiger charge is -2.26. The number of nitrogens with one attached hydrogen (secondary N) is 1. The maximum atomic E-state index is 12.6. The van der Waals surface area contributed by atoms with E-state index in [2.05, 4.69) is 33.0 Å². The van der Waals surface area contributed by atoms with Gasteiger partial charge in [-0.25, -0.2) is 8.42 Å². The molecule has 0 unspecified atom stereocenters. The Hall–Kier alpha value is -1.76. The number of benzene rings is 2. The topological polar surface area (TPSA) is 66.5 Å². The van der Waals surface area contributed by atoms with Gasteiger partial charge in [-0.3, -0.25) is 9.10 Å².